The fourth-order valence-corrected chi connectivity index (χ4v) is 1.81. The first kappa shape index (κ1) is 16.4. The quantitative estimate of drug-likeness (QED) is 0.652. The van der Waals surface area contributed by atoms with Gasteiger partial charge >= 0.3 is 0 Å². The number of nitrogens with one attached hydrogen (secondary N) is 2. The van der Waals surface area contributed by atoms with Gasteiger partial charge in [-0.2, -0.15) is 0 Å². The van der Waals surface area contributed by atoms with Crippen molar-refractivity contribution in [2.75, 3.05) is 5.32 Å². The molecule has 0 saturated heterocycles. The van der Waals surface area contributed by atoms with E-state index in [1.165, 1.54) is 37.5 Å². The zero-order valence-electron chi connectivity index (χ0n) is 12.6. The molecule has 2 N–H and O–H groups in total. The van der Waals surface area contributed by atoms with Crippen molar-refractivity contribution in [3.8, 4) is 0 Å². The Morgan fingerprint density at radius 2 is 1.96 bits per heavy atom. The molecule has 0 aliphatic rings. The van der Waals surface area contributed by atoms with Crippen molar-refractivity contribution in [3.63, 3.8) is 0 Å². The van der Waals surface area contributed by atoms with Crippen LogP contribution in [0.15, 0.2) is 41.0 Å². The average Bonchev–Trinajstić information content (AvgIpc) is 3.03. The van der Waals surface area contributed by atoms with E-state index in [1.54, 1.807) is 13.0 Å². The number of furan rings is 1. The molecule has 0 fully saturated rings. The zero-order chi connectivity index (χ0) is 17.0. The fraction of sp³-hybridized carbons (Fsp3) is 0.188. The summed E-state index contributed by atoms with van der Waals surface area (Å²) in [6.45, 7) is 3.10. The first-order valence-corrected chi connectivity index (χ1v) is 6.84. The maximum absolute atomic E-state index is 13.7. The summed E-state index contributed by atoms with van der Waals surface area (Å²) in [6, 6.07) is 6.12. The summed E-state index contributed by atoms with van der Waals surface area (Å²) in [5.41, 5.74) is 0.713. The minimum absolute atomic E-state index is 0.000870. The number of amides is 2. The summed E-state index contributed by atoms with van der Waals surface area (Å²) in [5.74, 6) is -3.22. The lowest BCUT2D eigenvalue weighted by atomic mass is 10.2. The number of halogens is 1. The van der Waals surface area contributed by atoms with E-state index in [2.05, 4.69) is 10.6 Å². The maximum atomic E-state index is 13.7. The Balaban J connectivity index is 1.97. The lowest BCUT2D eigenvalue weighted by Gasteiger charge is -2.14. The lowest BCUT2D eigenvalue weighted by molar-refractivity contribution is -0.123. The molecule has 0 spiro atoms. The van der Waals surface area contributed by atoms with Gasteiger partial charge in [0, 0.05) is 0 Å². The van der Waals surface area contributed by atoms with E-state index >= 15 is 0 Å². The second kappa shape index (κ2) is 6.87. The molecular weight excluding hydrogens is 303 g/mol. The molecule has 2 amide bonds. The SMILES string of the molecule is Cc1ccc(NC(=O)C(C)NC(=O)C(=O)c2ccco2)c(F)c1. The number of anilines is 1. The van der Waals surface area contributed by atoms with Crippen LogP contribution in [0.2, 0.25) is 0 Å². The van der Waals surface area contributed by atoms with Gasteiger partial charge < -0.3 is 15.1 Å². The van der Waals surface area contributed by atoms with Gasteiger partial charge in [0.25, 0.3) is 11.7 Å². The molecule has 2 aromatic rings. The Labute approximate surface area is 131 Å². The van der Waals surface area contributed by atoms with Gasteiger partial charge in [0.2, 0.25) is 5.91 Å². The number of hydrogen-bond donors (Lipinski definition) is 2. The molecule has 1 unspecified atom stereocenters. The second-order valence-electron chi connectivity index (χ2n) is 4.97. The van der Waals surface area contributed by atoms with Crippen LogP contribution in [-0.2, 0) is 9.59 Å². The summed E-state index contributed by atoms with van der Waals surface area (Å²) < 4.78 is 18.5. The van der Waals surface area contributed by atoms with E-state index in [-0.39, 0.29) is 11.4 Å². The largest absolute Gasteiger partial charge is 0.461 e. The standard InChI is InChI=1S/C16H15FN2O4/c1-9-5-6-12(11(17)8-9)19-15(21)10(2)18-16(22)14(20)13-4-3-7-23-13/h3-8,10H,1-2H3,(H,18,22)(H,19,21). The van der Waals surface area contributed by atoms with Gasteiger partial charge in [-0.3, -0.25) is 14.4 Å². The number of aryl methyl sites for hydroxylation is 1. The number of carbonyl (C=O) groups excluding carboxylic acids is 3. The van der Waals surface area contributed by atoms with Crippen molar-refractivity contribution in [2.45, 2.75) is 19.9 Å². The monoisotopic (exact) mass is 318 g/mol. The summed E-state index contributed by atoms with van der Waals surface area (Å²) in [5, 5.41) is 4.59. The molecule has 0 aliphatic heterocycles. The number of rotatable bonds is 5. The third-order valence-corrected chi connectivity index (χ3v) is 3.07. The van der Waals surface area contributed by atoms with Crippen LogP contribution in [0.1, 0.15) is 23.0 Å². The van der Waals surface area contributed by atoms with Crippen LogP contribution >= 0.6 is 0 Å². The van der Waals surface area contributed by atoms with E-state index < -0.39 is 29.5 Å². The zero-order valence-corrected chi connectivity index (χ0v) is 12.6. The summed E-state index contributed by atoms with van der Waals surface area (Å²) in [7, 11) is 0. The van der Waals surface area contributed by atoms with Crippen molar-refractivity contribution in [2.24, 2.45) is 0 Å². The van der Waals surface area contributed by atoms with Gasteiger partial charge in [-0.1, -0.05) is 6.07 Å². The van der Waals surface area contributed by atoms with Crippen LogP contribution < -0.4 is 10.6 Å². The highest BCUT2D eigenvalue weighted by atomic mass is 19.1. The van der Waals surface area contributed by atoms with Gasteiger partial charge in [-0.05, 0) is 43.7 Å². The Kier molecular flexibility index (Phi) is 4.90. The molecule has 23 heavy (non-hydrogen) atoms. The van der Waals surface area contributed by atoms with Gasteiger partial charge in [-0.15, -0.1) is 0 Å². The highest BCUT2D eigenvalue weighted by Crippen LogP contribution is 2.15. The first-order valence-electron chi connectivity index (χ1n) is 6.84. The second-order valence-corrected chi connectivity index (χ2v) is 4.97. The molecule has 0 radical (unpaired) electrons. The Morgan fingerprint density at radius 1 is 1.22 bits per heavy atom. The van der Waals surface area contributed by atoms with E-state index in [1.807, 2.05) is 0 Å². The van der Waals surface area contributed by atoms with Crippen molar-refractivity contribution < 1.29 is 23.2 Å². The molecule has 0 bridgehead atoms. The van der Waals surface area contributed by atoms with E-state index in [4.69, 9.17) is 4.42 Å². The van der Waals surface area contributed by atoms with Gasteiger partial charge in [0.15, 0.2) is 5.76 Å². The maximum Gasteiger partial charge on any atom is 0.296 e. The van der Waals surface area contributed by atoms with E-state index in [0.717, 1.165) is 0 Å². The van der Waals surface area contributed by atoms with Crippen LogP contribution in [-0.4, -0.2) is 23.6 Å². The van der Waals surface area contributed by atoms with Gasteiger partial charge in [-0.25, -0.2) is 4.39 Å². The number of benzene rings is 1. The van der Waals surface area contributed by atoms with Crippen molar-refractivity contribution >= 4 is 23.3 Å². The van der Waals surface area contributed by atoms with Crippen LogP contribution in [0.5, 0.6) is 0 Å². The molecule has 120 valence electrons. The Hall–Kier alpha value is -2.96. The smallest absolute Gasteiger partial charge is 0.296 e. The topological polar surface area (TPSA) is 88.4 Å². The highest BCUT2D eigenvalue weighted by molar-refractivity contribution is 6.42. The van der Waals surface area contributed by atoms with Crippen LogP contribution in [0.4, 0.5) is 10.1 Å². The van der Waals surface area contributed by atoms with Crippen molar-refractivity contribution in [1.82, 2.24) is 5.32 Å². The molecule has 2 rings (SSSR count). The van der Waals surface area contributed by atoms with Crippen LogP contribution in [0.3, 0.4) is 0 Å². The Morgan fingerprint density at radius 3 is 2.57 bits per heavy atom. The fourth-order valence-electron chi connectivity index (χ4n) is 1.81. The molecule has 1 aromatic heterocycles. The molecule has 1 atom stereocenters. The van der Waals surface area contributed by atoms with E-state index in [9.17, 15) is 18.8 Å². The first-order chi connectivity index (χ1) is 10.9. The lowest BCUT2D eigenvalue weighted by Crippen LogP contribution is -2.44. The predicted octanol–water partition coefficient (Wildman–Crippen LogP) is 2.05. The van der Waals surface area contributed by atoms with Crippen molar-refractivity contribution in [3.05, 3.63) is 53.7 Å². The summed E-state index contributed by atoms with van der Waals surface area (Å²) in [4.78, 5) is 35.4. The highest BCUT2D eigenvalue weighted by Gasteiger charge is 2.23. The molecular formula is C16H15FN2O4. The summed E-state index contributed by atoms with van der Waals surface area (Å²) in [6.07, 6.45) is 1.26. The minimum atomic E-state index is -1.03. The average molecular weight is 318 g/mol. The molecule has 1 heterocycles. The molecule has 0 aliphatic carbocycles. The normalized spacial score (nSPS) is 11.6. The molecule has 6 nitrogen and oxygen atoms in total. The van der Waals surface area contributed by atoms with Crippen LogP contribution in [0, 0.1) is 12.7 Å². The number of Topliss-reactive ketones (excluding diaryl/α,β-unsaturated/α-hetero) is 1. The van der Waals surface area contributed by atoms with Gasteiger partial charge in [0.1, 0.15) is 11.9 Å². The minimum Gasteiger partial charge on any atom is -0.461 e. The third kappa shape index (κ3) is 4.03. The van der Waals surface area contributed by atoms with Crippen LogP contribution in [0.25, 0.3) is 0 Å². The van der Waals surface area contributed by atoms with Gasteiger partial charge in [0.05, 0.1) is 12.0 Å². The molecule has 1 aromatic carbocycles. The number of ketones is 1. The molecule has 7 heteroatoms. The number of hydrogen-bond acceptors (Lipinski definition) is 4. The third-order valence-electron chi connectivity index (χ3n) is 3.07. The van der Waals surface area contributed by atoms with E-state index in [0.29, 0.717) is 5.56 Å². The predicted molar refractivity (Wildman–Crippen MR) is 80.4 cm³/mol. The Bertz CT molecular complexity index is 741. The summed E-state index contributed by atoms with van der Waals surface area (Å²) >= 11 is 0. The van der Waals surface area contributed by atoms with Crippen molar-refractivity contribution in [1.29, 1.82) is 0 Å². The molecule has 0 saturated carbocycles. The number of carbonyl (C=O) groups is 3.